The van der Waals surface area contributed by atoms with Gasteiger partial charge in [-0.1, -0.05) is 0 Å². The van der Waals surface area contributed by atoms with Crippen LogP contribution >= 0.6 is 0 Å². The van der Waals surface area contributed by atoms with E-state index in [2.05, 4.69) is 0 Å². The average molecular weight is 361 g/mol. The Bertz CT molecular complexity index is 781. The largest absolute Gasteiger partial charge is 0.504 e. The fraction of sp³-hybridized carbons (Fsp3) is 0.550. The zero-order chi connectivity index (χ0) is 18.9. The van der Waals surface area contributed by atoms with Crippen LogP contribution < -0.4 is 4.74 Å². The first-order chi connectivity index (χ1) is 12.3. The van der Waals surface area contributed by atoms with Crippen molar-refractivity contribution in [3.63, 3.8) is 0 Å². The van der Waals surface area contributed by atoms with Crippen LogP contribution in [0.25, 0.3) is 11.0 Å². The summed E-state index contributed by atoms with van der Waals surface area (Å²) in [5, 5.41) is 10.6. The predicted octanol–water partition coefficient (Wildman–Crippen LogP) is 4.34. The number of rotatable bonds is 3. The molecule has 1 saturated heterocycles. The number of aromatic hydroxyl groups is 1. The van der Waals surface area contributed by atoms with Gasteiger partial charge in [-0.2, -0.15) is 0 Å². The SMILES string of the molecule is COc1ccc2c(O)coc2c1CC1CCN(C(=O)OC(C)(C)C)CC1. The van der Waals surface area contributed by atoms with Crippen LogP contribution in [0.5, 0.6) is 11.5 Å². The predicted molar refractivity (Wildman–Crippen MR) is 98.7 cm³/mol. The van der Waals surface area contributed by atoms with Crippen molar-refractivity contribution in [3.05, 3.63) is 24.0 Å². The van der Waals surface area contributed by atoms with Crippen molar-refractivity contribution in [2.75, 3.05) is 20.2 Å². The lowest BCUT2D eigenvalue weighted by Crippen LogP contribution is -2.42. The third kappa shape index (κ3) is 3.89. The highest BCUT2D eigenvalue weighted by atomic mass is 16.6. The molecule has 1 amide bonds. The van der Waals surface area contributed by atoms with Gasteiger partial charge >= 0.3 is 6.09 Å². The van der Waals surface area contributed by atoms with E-state index in [1.54, 1.807) is 12.0 Å². The number of ether oxygens (including phenoxy) is 2. The summed E-state index contributed by atoms with van der Waals surface area (Å²) in [4.78, 5) is 14.0. The summed E-state index contributed by atoms with van der Waals surface area (Å²) >= 11 is 0. The normalized spacial score (nSPS) is 16.1. The van der Waals surface area contributed by atoms with Gasteiger partial charge in [0.15, 0.2) is 5.75 Å². The minimum atomic E-state index is -0.474. The van der Waals surface area contributed by atoms with Crippen LogP contribution in [0.1, 0.15) is 39.2 Å². The molecule has 0 atom stereocenters. The second-order valence-corrected chi connectivity index (χ2v) is 7.86. The van der Waals surface area contributed by atoms with Crippen LogP contribution in [0.3, 0.4) is 0 Å². The fourth-order valence-electron chi connectivity index (χ4n) is 3.44. The van der Waals surface area contributed by atoms with Crippen molar-refractivity contribution >= 4 is 17.1 Å². The van der Waals surface area contributed by atoms with Crippen LogP contribution in [-0.2, 0) is 11.2 Å². The van der Waals surface area contributed by atoms with Gasteiger partial charge < -0.3 is 23.9 Å². The Hall–Kier alpha value is -2.37. The molecule has 1 aromatic carbocycles. The highest BCUT2D eigenvalue weighted by Gasteiger charge is 2.28. The molecular formula is C20H27NO5. The molecule has 1 fully saturated rings. The minimum absolute atomic E-state index is 0.142. The zero-order valence-corrected chi connectivity index (χ0v) is 15.9. The van der Waals surface area contributed by atoms with Crippen molar-refractivity contribution in [1.82, 2.24) is 4.90 Å². The number of hydrogen-bond donors (Lipinski definition) is 1. The van der Waals surface area contributed by atoms with Crippen molar-refractivity contribution in [3.8, 4) is 11.5 Å². The molecule has 2 heterocycles. The van der Waals surface area contributed by atoms with Crippen LogP contribution in [0.4, 0.5) is 4.79 Å². The molecule has 6 heteroatoms. The number of furan rings is 1. The Balaban J connectivity index is 1.68. The van der Waals surface area contributed by atoms with Gasteiger partial charge in [0.1, 0.15) is 23.2 Å². The second kappa shape index (κ2) is 7.09. The van der Waals surface area contributed by atoms with E-state index < -0.39 is 5.60 Å². The van der Waals surface area contributed by atoms with Crippen LogP contribution in [0.2, 0.25) is 0 Å². The van der Waals surface area contributed by atoms with Crippen molar-refractivity contribution < 1.29 is 23.8 Å². The molecule has 0 spiro atoms. The third-order valence-electron chi connectivity index (χ3n) is 4.76. The lowest BCUT2D eigenvalue weighted by molar-refractivity contribution is 0.0184. The highest BCUT2D eigenvalue weighted by Crippen LogP contribution is 2.37. The summed E-state index contributed by atoms with van der Waals surface area (Å²) in [6, 6.07) is 3.67. The van der Waals surface area contributed by atoms with Gasteiger partial charge in [0.2, 0.25) is 0 Å². The topological polar surface area (TPSA) is 72.1 Å². The number of benzene rings is 1. The number of carbonyl (C=O) groups is 1. The summed E-state index contributed by atoms with van der Waals surface area (Å²) in [5.74, 6) is 1.32. The zero-order valence-electron chi connectivity index (χ0n) is 15.9. The van der Waals surface area contributed by atoms with Gasteiger partial charge in [-0.25, -0.2) is 4.79 Å². The van der Waals surface area contributed by atoms with Gasteiger partial charge in [0, 0.05) is 18.7 Å². The molecule has 1 aromatic heterocycles. The van der Waals surface area contributed by atoms with Gasteiger partial charge in [-0.15, -0.1) is 0 Å². The smallest absolute Gasteiger partial charge is 0.410 e. The molecule has 142 valence electrons. The van der Waals surface area contributed by atoms with E-state index in [-0.39, 0.29) is 11.8 Å². The Labute approximate surface area is 153 Å². The summed E-state index contributed by atoms with van der Waals surface area (Å²) in [6.45, 7) is 7.00. The maximum absolute atomic E-state index is 12.2. The monoisotopic (exact) mass is 361 g/mol. The molecule has 1 N–H and O–H groups in total. The third-order valence-corrected chi connectivity index (χ3v) is 4.76. The lowest BCUT2D eigenvalue weighted by atomic mass is 9.89. The summed E-state index contributed by atoms with van der Waals surface area (Å²) in [7, 11) is 1.64. The molecule has 0 aliphatic carbocycles. The number of fused-ring (bicyclic) bond motifs is 1. The molecule has 0 bridgehead atoms. The molecule has 1 aliphatic rings. The number of piperidine rings is 1. The number of likely N-dealkylation sites (tertiary alicyclic amines) is 1. The number of nitrogens with zero attached hydrogens (tertiary/aromatic N) is 1. The van der Waals surface area contributed by atoms with E-state index in [0.717, 1.165) is 30.6 Å². The van der Waals surface area contributed by atoms with Gasteiger partial charge in [0.25, 0.3) is 0 Å². The maximum Gasteiger partial charge on any atom is 0.410 e. The fourth-order valence-corrected chi connectivity index (χ4v) is 3.44. The van der Waals surface area contributed by atoms with E-state index in [1.165, 1.54) is 6.26 Å². The van der Waals surface area contributed by atoms with Crippen LogP contribution in [0, 0.1) is 5.92 Å². The Kier molecular flexibility index (Phi) is 5.03. The van der Waals surface area contributed by atoms with Crippen molar-refractivity contribution in [2.45, 2.75) is 45.6 Å². The first-order valence-corrected chi connectivity index (χ1v) is 9.02. The van der Waals surface area contributed by atoms with E-state index in [9.17, 15) is 9.90 Å². The molecule has 0 saturated carbocycles. The molecule has 26 heavy (non-hydrogen) atoms. The number of amides is 1. The number of methoxy groups -OCH3 is 1. The number of hydrogen-bond acceptors (Lipinski definition) is 5. The molecule has 6 nitrogen and oxygen atoms in total. The summed E-state index contributed by atoms with van der Waals surface area (Å²) in [5.41, 5.74) is 1.18. The van der Waals surface area contributed by atoms with Crippen molar-refractivity contribution in [2.24, 2.45) is 5.92 Å². The Morgan fingerprint density at radius 2 is 2.00 bits per heavy atom. The first kappa shape index (κ1) is 18.4. The molecule has 0 unspecified atom stereocenters. The van der Waals surface area contributed by atoms with E-state index in [4.69, 9.17) is 13.9 Å². The lowest BCUT2D eigenvalue weighted by Gasteiger charge is -2.33. The van der Waals surface area contributed by atoms with Gasteiger partial charge in [0.05, 0.1) is 12.5 Å². The first-order valence-electron chi connectivity index (χ1n) is 9.02. The van der Waals surface area contributed by atoms with E-state index >= 15 is 0 Å². The van der Waals surface area contributed by atoms with Crippen LogP contribution in [-0.4, -0.2) is 41.9 Å². The molecule has 0 radical (unpaired) electrons. The van der Waals surface area contributed by atoms with E-state index in [1.807, 2.05) is 32.9 Å². The van der Waals surface area contributed by atoms with E-state index in [0.29, 0.717) is 30.0 Å². The quantitative estimate of drug-likeness (QED) is 0.880. The van der Waals surface area contributed by atoms with Crippen LogP contribution in [0.15, 0.2) is 22.8 Å². The molecule has 1 aliphatic heterocycles. The molecule has 2 aromatic rings. The summed E-state index contributed by atoms with van der Waals surface area (Å²) < 4.78 is 16.5. The molecular weight excluding hydrogens is 334 g/mol. The minimum Gasteiger partial charge on any atom is -0.504 e. The van der Waals surface area contributed by atoms with Gasteiger partial charge in [-0.3, -0.25) is 0 Å². The summed E-state index contributed by atoms with van der Waals surface area (Å²) in [6.07, 6.45) is 3.69. The average Bonchev–Trinajstić information content (AvgIpc) is 2.96. The second-order valence-electron chi connectivity index (χ2n) is 7.86. The maximum atomic E-state index is 12.2. The Morgan fingerprint density at radius 1 is 1.31 bits per heavy atom. The number of carbonyl (C=O) groups excluding carboxylic acids is 1. The van der Waals surface area contributed by atoms with Gasteiger partial charge in [-0.05, 0) is 58.1 Å². The molecule has 3 rings (SSSR count). The standard InChI is InChI=1S/C20H27NO5/c1-20(2,3)26-19(23)21-9-7-13(8-10-21)11-15-17(24-4)6-5-14-16(22)12-25-18(14)15/h5-6,12-13,22H,7-11H2,1-4H3. The highest BCUT2D eigenvalue weighted by molar-refractivity contribution is 5.88. The Morgan fingerprint density at radius 3 is 2.62 bits per heavy atom. The van der Waals surface area contributed by atoms with Crippen molar-refractivity contribution in [1.29, 1.82) is 0 Å².